The number of hydrogen-bond acceptors (Lipinski definition) is 4. The third kappa shape index (κ3) is 5.89. The van der Waals surface area contributed by atoms with E-state index in [4.69, 9.17) is 9.47 Å². The zero-order chi connectivity index (χ0) is 12.7. The van der Waals surface area contributed by atoms with Crippen LogP contribution in [0.2, 0.25) is 0 Å². The lowest BCUT2D eigenvalue weighted by molar-refractivity contribution is 0.0481. The summed E-state index contributed by atoms with van der Waals surface area (Å²) >= 11 is 0. The molecule has 0 saturated carbocycles. The summed E-state index contributed by atoms with van der Waals surface area (Å²) in [6.07, 6.45) is 0. The molecule has 1 rings (SSSR count). The van der Waals surface area contributed by atoms with Gasteiger partial charge in [-0.25, -0.2) is 4.79 Å². The van der Waals surface area contributed by atoms with E-state index in [0.29, 0.717) is 24.5 Å². The fourth-order valence-electron chi connectivity index (χ4n) is 1.28. The Labute approximate surface area is 114 Å². The molecule has 0 radical (unpaired) electrons. The molecule has 0 N–H and O–H groups in total. The molecule has 18 heavy (non-hydrogen) atoms. The molecule has 0 aromatic heterocycles. The average molecular weight is 274 g/mol. The van der Waals surface area contributed by atoms with Crippen molar-refractivity contribution in [1.82, 2.24) is 4.90 Å². The van der Waals surface area contributed by atoms with Gasteiger partial charge in [-0.15, -0.1) is 12.4 Å². The van der Waals surface area contributed by atoms with Crippen LogP contribution in [0.15, 0.2) is 24.3 Å². The van der Waals surface area contributed by atoms with Crippen LogP contribution in [0.25, 0.3) is 0 Å². The molecule has 102 valence electrons. The standard InChI is InChI=1S/C13H19NO3.ClH/c1-4-16-12-7-5-6-11(10-12)13(15)17-9-8-14(2)3;/h5-7,10H,4,8-9H2,1-3H3;1H. The molecule has 0 aliphatic heterocycles. The quantitative estimate of drug-likeness (QED) is 0.745. The molecule has 1 aromatic rings. The van der Waals surface area contributed by atoms with Gasteiger partial charge in [-0.1, -0.05) is 6.07 Å². The molecule has 0 aliphatic rings. The lowest BCUT2D eigenvalue weighted by Crippen LogP contribution is -2.20. The molecule has 0 fully saturated rings. The molecule has 4 nitrogen and oxygen atoms in total. The van der Waals surface area contributed by atoms with Gasteiger partial charge in [0, 0.05) is 6.54 Å². The maximum Gasteiger partial charge on any atom is 0.338 e. The number of likely N-dealkylation sites (N-methyl/N-ethyl adjacent to an activating group) is 1. The van der Waals surface area contributed by atoms with Crippen LogP contribution in [0.4, 0.5) is 0 Å². The minimum absolute atomic E-state index is 0. The van der Waals surface area contributed by atoms with Gasteiger partial charge in [0.1, 0.15) is 12.4 Å². The zero-order valence-electron chi connectivity index (χ0n) is 11.0. The van der Waals surface area contributed by atoms with Crippen molar-refractivity contribution in [3.8, 4) is 5.75 Å². The van der Waals surface area contributed by atoms with Gasteiger partial charge in [-0.2, -0.15) is 0 Å². The molecular weight excluding hydrogens is 254 g/mol. The zero-order valence-corrected chi connectivity index (χ0v) is 11.8. The number of esters is 1. The summed E-state index contributed by atoms with van der Waals surface area (Å²) in [5.41, 5.74) is 0.523. The number of hydrogen-bond donors (Lipinski definition) is 0. The summed E-state index contributed by atoms with van der Waals surface area (Å²) < 4.78 is 10.5. The van der Waals surface area contributed by atoms with E-state index in [0.717, 1.165) is 6.54 Å². The molecular formula is C13H20ClNO3. The van der Waals surface area contributed by atoms with E-state index in [2.05, 4.69) is 0 Å². The van der Waals surface area contributed by atoms with Crippen molar-refractivity contribution >= 4 is 18.4 Å². The average Bonchev–Trinajstić information content (AvgIpc) is 2.29. The minimum atomic E-state index is -0.312. The molecule has 0 atom stereocenters. The van der Waals surface area contributed by atoms with Gasteiger partial charge in [0.15, 0.2) is 0 Å². The second kappa shape index (κ2) is 8.78. The number of ether oxygens (including phenoxy) is 2. The van der Waals surface area contributed by atoms with E-state index in [1.807, 2.05) is 32.0 Å². The van der Waals surface area contributed by atoms with Crippen LogP contribution in [-0.2, 0) is 4.74 Å². The lowest BCUT2D eigenvalue weighted by atomic mass is 10.2. The molecule has 0 saturated heterocycles. The second-order valence-corrected chi connectivity index (χ2v) is 3.90. The van der Waals surface area contributed by atoms with Crippen LogP contribution in [0.1, 0.15) is 17.3 Å². The van der Waals surface area contributed by atoms with E-state index >= 15 is 0 Å². The fourth-order valence-corrected chi connectivity index (χ4v) is 1.28. The highest BCUT2D eigenvalue weighted by atomic mass is 35.5. The lowest BCUT2D eigenvalue weighted by Gasteiger charge is -2.10. The SMILES string of the molecule is CCOc1cccc(C(=O)OCCN(C)C)c1.Cl. The van der Waals surface area contributed by atoms with Gasteiger partial charge >= 0.3 is 5.97 Å². The predicted molar refractivity (Wildman–Crippen MR) is 73.7 cm³/mol. The van der Waals surface area contributed by atoms with E-state index in [-0.39, 0.29) is 18.4 Å². The van der Waals surface area contributed by atoms with Gasteiger partial charge in [-0.3, -0.25) is 0 Å². The Bertz CT molecular complexity index is 369. The highest BCUT2D eigenvalue weighted by molar-refractivity contribution is 5.89. The van der Waals surface area contributed by atoms with Crippen LogP contribution >= 0.6 is 12.4 Å². The Kier molecular flexibility index (Phi) is 8.16. The monoisotopic (exact) mass is 273 g/mol. The Hall–Kier alpha value is -1.26. The number of rotatable bonds is 6. The Morgan fingerprint density at radius 3 is 2.67 bits per heavy atom. The molecule has 0 bridgehead atoms. The fraction of sp³-hybridized carbons (Fsp3) is 0.462. The summed E-state index contributed by atoms with van der Waals surface area (Å²) in [5, 5.41) is 0. The maximum absolute atomic E-state index is 11.7. The van der Waals surface area contributed by atoms with Crippen molar-refractivity contribution < 1.29 is 14.3 Å². The van der Waals surface area contributed by atoms with Gasteiger partial charge in [0.25, 0.3) is 0 Å². The van der Waals surface area contributed by atoms with Crippen molar-refractivity contribution in [2.45, 2.75) is 6.92 Å². The first-order chi connectivity index (χ1) is 8.13. The Balaban J connectivity index is 0.00000289. The third-order valence-corrected chi connectivity index (χ3v) is 2.15. The Morgan fingerprint density at radius 2 is 2.06 bits per heavy atom. The maximum atomic E-state index is 11.7. The van der Waals surface area contributed by atoms with Crippen molar-refractivity contribution in [3.05, 3.63) is 29.8 Å². The smallest absolute Gasteiger partial charge is 0.338 e. The van der Waals surface area contributed by atoms with E-state index in [9.17, 15) is 4.79 Å². The van der Waals surface area contributed by atoms with Crippen LogP contribution in [0, 0.1) is 0 Å². The summed E-state index contributed by atoms with van der Waals surface area (Å²) in [5.74, 6) is 0.378. The summed E-state index contributed by atoms with van der Waals surface area (Å²) in [6.45, 7) is 3.60. The normalized spacial score (nSPS) is 9.78. The molecule has 0 spiro atoms. The molecule has 0 unspecified atom stereocenters. The summed E-state index contributed by atoms with van der Waals surface area (Å²) in [7, 11) is 3.87. The highest BCUT2D eigenvalue weighted by Gasteiger charge is 2.07. The van der Waals surface area contributed by atoms with E-state index < -0.39 is 0 Å². The van der Waals surface area contributed by atoms with Crippen molar-refractivity contribution in [2.24, 2.45) is 0 Å². The molecule has 1 aromatic carbocycles. The summed E-state index contributed by atoms with van der Waals surface area (Å²) in [6, 6.07) is 7.02. The van der Waals surface area contributed by atoms with Crippen LogP contribution in [-0.4, -0.2) is 44.7 Å². The number of benzene rings is 1. The molecule has 0 heterocycles. The highest BCUT2D eigenvalue weighted by Crippen LogP contribution is 2.13. The van der Waals surface area contributed by atoms with E-state index in [1.54, 1.807) is 18.2 Å². The number of carbonyl (C=O) groups is 1. The first kappa shape index (κ1) is 16.7. The predicted octanol–water partition coefficient (Wildman–Crippen LogP) is 2.23. The topological polar surface area (TPSA) is 38.8 Å². The largest absolute Gasteiger partial charge is 0.494 e. The second-order valence-electron chi connectivity index (χ2n) is 3.90. The molecule has 0 aliphatic carbocycles. The van der Waals surface area contributed by atoms with Crippen LogP contribution in [0.5, 0.6) is 5.75 Å². The van der Waals surface area contributed by atoms with Crippen LogP contribution in [0.3, 0.4) is 0 Å². The van der Waals surface area contributed by atoms with E-state index in [1.165, 1.54) is 0 Å². The number of nitrogens with zero attached hydrogens (tertiary/aromatic N) is 1. The van der Waals surface area contributed by atoms with Crippen molar-refractivity contribution in [3.63, 3.8) is 0 Å². The van der Waals surface area contributed by atoms with Crippen molar-refractivity contribution in [1.29, 1.82) is 0 Å². The first-order valence-corrected chi connectivity index (χ1v) is 5.68. The molecule has 0 amide bonds. The van der Waals surface area contributed by atoms with Gasteiger partial charge in [0.2, 0.25) is 0 Å². The van der Waals surface area contributed by atoms with Gasteiger partial charge < -0.3 is 14.4 Å². The van der Waals surface area contributed by atoms with Gasteiger partial charge in [0.05, 0.1) is 12.2 Å². The number of halogens is 1. The Morgan fingerprint density at radius 1 is 1.33 bits per heavy atom. The van der Waals surface area contributed by atoms with Crippen molar-refractivity contribution in [2.75, 3.05) is 33.9 Å². The third-order valence-electron chi connectivity index (χ3n) is 2.15. The summed E-state index contributed by atoms with van der Waals surface area (Å²) in [4.78, 5) is 13.6. The minimum Gasteiger partial charge on any atom is -0.494 e. The first-order valence-electron chi connectivity index (χ1n) is 5.68. The number of carbonyl (C=O) groups excluding carboxylic acids is 1. The molecule has 5 heteroatoms. The van der Waals surface area contributed by atoms with Crippen LogP contribution < -0.4 is 4.74 Å². The van der Waals surface area contributed by atoms with Gasteiger partial charge in [-0.05, 0) is 39.2 Å².